The molecule has 0 aliphatic heterocycles. The quantitative estimate of drug-likeness (QED) is 0.0490. The Hall–Kier alpha value is 2.25. The molecule has 0 N–H and O–H groups in total. The fourth-order valence-corrected chi connectivity index (χ4v) is 6.18. The number of nitrogens with zero attached hydrogens (tertiary/aromatic N) is 1. The van der Waals surface area contributed by atoms with E-state index in [4.69, 9.17) is 13.3 Å². The average Bonchev–Trinajstić information content (AvgIpc) is 2.82. The molecule has 0 aromatic carbocycles. The Balaban J connectivity index is 0. The van der Waals surface area contributed by atoms with Crippen LogP contribution < -0.4 is 13.3 Å². The van der Waals surface area contributed by atoms with Gasteiger partial charge in [-0.2, -0.15) is 0 Å². The zero-order valence-electron chi connectivity index (χ0n) is 23.4. The van der Waals surface area contributed by atoms with E-state index in [2.05, 4.69) is 58.3 Å². The molecule has 0 aliphatic carbocycles. The van der Waals surface area contributed by atoms with Crippen molar-refractivity contribution in [3.8, 4) is 0 Å². The molecule has 0 rings (SSSR count). The normalized spacial score (nSPS) is 12.1. The van der Waals surface area contributed by atoms with E-state index in [-0.39, 0.29) is 0 Å². The minimum absolute atomic E-state index is 0.530. The fraction of sp³-hybridized carbons (Fsp3) is 1.00. The van der Waals surface area contributed by atoms with Crippen molar-refractivity contribution >= 4 is 46.0 Å². The van der Waals surface area contributed by atoms with Crippen LogP contribution in [0.3, 0.4) is 0 Å². The first kappa shape index (κ1) is 38.4. The predicted molar refractivity (Wildman–Crippen MR) is 166 cm³/mol. The molecule has 0 spiro atoms. The third-order valence-corrected chi connectivity index (χ3v) is 9.63. The number of quaternary nitrogens is 1. The molecule has 0 bridgehead atoms. The van der Waals surface area contributed by atoms with Crippen molar-refractivity contribution in [3.63, 3.8) is 0 Å². The molecule has 0 saturated carbocycles. The van der Waals surface area contributed by atoms with E-state index in [0.717, 1.165) is 23.5 Å². The molecule has 0 saturated heterocycles. The number of hydrogen-bond donors (Lipinski definition) is 0. The number of unbranched alkanes of at least 4 members (excludes halogenated alkanes) is 15. The molecule has 0 radical (unpaired) electrons. The third-order valence-electron chi connectivity index (χ3n) is 6.80. The van der Waals surface area contributed by atoms with Crippen molar-refractivity contribution in [2.24, 2.45) is 0 Å². The second kappa shape index (κ2) is 28.3. The molecular formula is C26H58I3NO3Si. The van der Waals surface area contributed by atoms with Crippen LogP contribution >= 0.6 is 37.2 Å². The minimum atomic E-state index is -2.40. The van der Waals surface area contributed by atoms with Crippen LogP contribution in [0.25, 0.3) is 0 Å². The van der Waals surface area contributed by atoms with Gasteiger partial charge < -0.3 is 17.8 Å². The molecule has 4 nitrogen and oxygen atoms in total. The van der Waals surface area contributed by atoms with Gasteiger partial charge in [0, 0.05) is 33.8 Å². The molecule has 210 valence electrons. The van der Waals surface area contributed by atoms with E-state index in [0.29, 0.717) is 13.3 Å². The maximum absolute atomic E-state index is 5.53. The van der Waals surface area contributed by atoms with Crippen LogP contribution in [0, 0.1) is 0 Å². The predicted octanol–water partition coefficient (Wildman–Crippen LogP) is 6.37. The van der Waals surface area contributed by atoms with Gasteiger partial charge in [-0.25, -0.2) is 0 Å². The standard InChI is InChI=1S/C26H58NO3Si.I3/c1-7-8-9-10-11-12-13-14-15-16-17-18-19-20-21-22-24-27(2,3)25-23-26-31(28-4,29-5)30-6;1-3-2/h7-26H2,1-6H3;/q+1;-1. The van der Waals surface area contributed by atoms with Crippen LogP contribution in [-0.2, 0) is 13.3 Å². The Morgan fingerprint density at radius 1 is 0.559 bits per heavy atom. The van der Waals surface area contributed by atoms with Gasteiger partial charge in [0.2, 0.25) is 0 Å². The summed E-state index contributed by atoms with van der Waals surface area (Å²) < 4.78 is 17.7. The maximum atomic E-state index is 5.53. The summed E-state index contributed by atoms with van der Waals surface area (Å²) in [5, 5.41) is 0. The summed E-state index contributed by atoms with van der Waals surface area (Å²) >= 11 is 5.30. The molecule has 0 unspecified atom stereocenters. The zero-order valence-corrected chi connectivity index (χ0v) is 30.9. The first-order chi connectivity index (χ1) is 16.4. The van der Waals surface area contributed by atoms with Crippen molar-refractivity contribution in [2.75, 3.05) is 48.5 Å². The zero-order chi connectivity index (χ0) is 26.0. The van der Waals surface area contributed by atoms with Gasteiger partial charge in [0.1, 0.15) is 0 Å². The number of hydrogen-bond acceptors (Lipinski definition) is 3. The van der Waals surface area contributed by atoms with E-state index in [1.165, 1.54) is 109 Å². The van der Waals surface area contributed by atoms with Gasteiger partial charge >= 0.3 is 59.3 Å². The van der Waals surface area contributed by atoms with Crippen molar-refractivity contribution in [3.05, 3.63) is 0 Å². The summed E-state index contributed by atoms with van der Waals surface area (Å²) in [6, 6.07) is 0.900. The Kier molecular flexibility index (Phi) is 31.9. The third kappa shape index (κ3) is 25.9. The molecular weight excluding hydrogens is 783 g/mol. The van der Waals surface area contributed by atoms with Gasteiger partial charge in [-0.3, -0.25) is 0 Å². The first-order valence-electron chi connectivity index (χ1n) is 13.7. The van der Waals surface area contributed by atoms with Crippen LogP contribution in [0.2, 0.25) is 6.04 Å². The van der Waals surface area contributed by atoms with Gasteiger partial charge in [0.25, 0.3) is 0 Å². The summed E-state index contributed by atoms with van der Waals surface area (Å²) in [5.41, 5.74) is 0. The molecule has 0 amide bonds. The summed E-state index contributed by atoms with van der Waals surface area (Å²) in [7, 11) is 7.40. The molecule has 0 fully saturated rings. The summed E-state index contributed by atoms with van der Waals surface area (Å²) in [4.78, 5) is 0. The van der Waals surface area contributed by atoms with Crippen LogP contribution in [-0.4, -0.2) is 61.8 Å². The fourth-order valence-electron chi connectivity index (χ4n) is 4.48. The van der Waals surface area contributed by atoms with E-state index in [1.54, 1.807) is 21.3 Å². The van der Waals surface area contributed by atoms with E-state index >= 15 is 0 Å². The van der Waals surface area contributed by atoms with Gasteiger partial charge in [-0.1, -0.05) is 96.8 Å². The van der Waals surface area contributed by atoms with Crippen LogP contribution in [0.5, 0.6) is 0 Å². The second-order valence-corrected chi connectivity index (χ2v) is 29.5. The Morgan fingerprint density at radius 2 is 0.853 bits per heavy atom. The summed E-state index contributed by atoms with van der Waals surface area (Å²) in [6.45, 7) is 4.72. The molecule has 0 aromatic heterocycles. The monoisotopic (exact) mass is 841 g/mol. The second-order valence-electron chi connectivity index (χ2n) is 10.1. The van der Waals surface area contributed by atoms with Gasteiger partial charge in [0.05, 0.1) is 27.2 Å². The topological polar surface area (TPSA) is 27.7 Å². The molecule has 0 aliphatic rings. The average molecular weight is 842 g/mol. The van der Waals surface area contributed by atoms with E-state index < -0.39 is 8.80 Å². The molecule has 0 heterocycles. The van der Waals surface area contributed by atoms with Crippen LogP contribution in [0.1, 0.15) is 116 Å². The van der Waals surface area contributed by atoms with Crippen LogP contribution in [0.15, 0.2) is 0 Å². The first-order valence-corrected chi connectivity index (χ1v) is 28.2. The molecule has 0 aromatic rings. The number of halogens is 3. The summed E-state index contributed by atoms with van der Waals surface area (Å²) in [5.74, 6) is 0. The van der Waals surface area contributed by atoms with Crippen LogP contribution in [0.4, 0.5) is 0 Å². The van der Waals surface area contributed by atoms with Gasteiger partial charge in [-0.15, -0.1) is 0 Å². The van der Waals surface area contributed by atoms with Crippen molar-refractivity contribution in [1.82, 2.24) is 0 Å². The molecule has 8 heteroatoms. The Morgan fingerprint density at radius 3 is 1.18 bits per heavy atom. The Labute approximate surface area is 245 Å². The van der Waals surface area contributed by atoms with Gasteiger partial charge in [0.15, 0.2) is 0 Å². The van der Waals surface area contributed by atoms with Gasteiger partial charge in [-0.05, 0) is 12.8 Å². The molecule has 0 atom stereocenters. The molecule has 34 heavy (non-hydrogen) atoms. The van der Waals surface area contributed by atoms with Crippen molar-refractivity contribution in [2.45, 2.75) is 122 Å². The number of rotatable bonds is 24. The van der Waals surface area contributed by atoms with Crippen molar-refractivity contribution in [1.29, 1.82) is 0 Å². The Bertz CT molecular complexity index is 395. The van der Waals surface area contributed by atoms with E-state index in [9.17, 15) is 0 Å². The summed E-state index contributed by atoms with van der Waals surface area (Å²) in [6.07, 6.45) is 24.0. The van der Waals surface area contributed by atoms with Crippen molar-refractivity contribution < 1.29 is 31.0 Å². The van der Waals surface area contributed by atoms with E-state index in [1.807, 2.05) is 0 Å². The SMILES string of the molecule is CCCCCCCCCCCCCCCCCC[N+](C)(C)CCC[Si](OC)(OC)OC.I[I-]I.